The number of aliphatic carboxylic acids is 1. The largest absolute Gasteiger partial charge is 0.493 e. The van der Waals surface area contributed by atoms with Gasteiger partial charge in [0.05, 0.1) is 27.4 Å². The lowest BCUT2D eigenvalue weighted by Crippen LogP contribution is -2.47. The standard InChI is InChI=1S/C22H25F2NO5/c1-28-18-10-13(11-19(29-2)21(18)30-3)20(15-8-7-14(23)12-16(15)24)25-9-5-4-6-17(25)22(26)27/h7-8,10-12,17,20H,4-6,9H2,1-3H3,(H,26,27). The van der Waals surface area contributed by atoms with Gasteiger partial charge in [0.1, 0.15) is 17.7 Å². The summed E-state index contributed by atoms with van der Waals surface area (Å²) >= 11 is 0. The third kappa shape index (κ3) is 4.18. The second kappa shape index (κ2) is 9.30. The molecule has 162 valence electrons. The monoisotopic (exact) mass is 421 g/mol. The number of carboxylic acids is 1. The minimum absolute atomic E-state index is 0.179. The quantitative estimate of drug-likeness (QED) is 0.728. The molecule has 0 amide bonds. The number of carboxylic acid groups (broad SMARTS) is 1. The molecule has 2 atom stereocenters. The molecule has 0 radical (unpaired) electrons. The van der Waals surface area contributed by atoms with Crippen LogP contribution in [0, 0.1) is 11.6 Å². The molecule has 6 nitrogen and oxygen atoms in total. The molecule has 2 aromatic rings. The molecular weight excluding hydrogens is 396 g/mol. The van der Waals surface area contributed by atoms with Crippen LogP contribution in [0.15, 0.2) is 30.3 Å². The van der Waals surface area contributed by atoms with Crippen LogP contribution in [0.25, 0.3) is 0 Å². The fourth-order valence-electron chi connectivity index (χ4n) is 4.06. The van der Waals surface area contributed by atoms with Gasteiger partial charge in [0.2, 0.25) is 5.75 Å². The Bertz CT molecular complexity index is 895. The van der Waals surface area contributed by atoms with E-state index in [1.807, 2.05) is 0 Å². The van der Waals surface area contributed by atoms with Crippen LogP contribution in [-0.4, -0.2) is 49.9 Å². The van der Waals surface area contributed by atoms with Crippen LogP contribution in [0.2, 0.25) is 0 Å². The Morgan fingerprint density at radius 3 is 2.27 bits per heavy atom. The summed E-state index contributed by atoms with van der Waals surface area (Å²) < 4.78 is 44.7. The SMILES string of the molecule is COc1cc(C(c2ccc(F)cc2F)N2CCCCC2C(=O)O)cc(OC)c1OC. The Labute approximate surface area is 174 Å². The summed E-state index contributed by atoms with van der Waals surface area (Å²) in [6.45, 7) is 0.453. The number of rotatable bonds is 7. The molecule has 1 saturated heterocycles. The van der Waals surface area contributed by atoms with Crippen LogP contribution in [0.3, 0.4) is 0 Å². The third-order valence-corrected chi connectivity index (χ3v) is 5.42. The molecule has 0 aromatic heterocycles. The molecule has 1 aliphatic rings. The average Bonchev–Trinajstić information content (AvgIpc) is 2.74. The number of halogens is 2. The van der Waals surface area contributed by atoms with Gasteiger partial charge in [-0.2, -0.15) is 0 Å². The lowest BCUT2D eigenvalue weighted by atomic mass is 9.91. The molecule has 2 aromatic carbocycles. The topological polar surface area (TPSA) is 68.2 Å². The van der Waals surface area contributed by atoms with E-state index >= 15 is 0 Å². The maximum absolute atomic E-state index is 14.9. The van der Waals surface area contributed by atoms with Crippen molar-refractivity contribution in [3.63, 3.8) is 0 Å². The van der Waals surface area contributed by atoms with Crippen molar-refractivity contribution in [1.29, 1.82) is 0 Å². The van der Waals surface area contributed by atoms with Gasteiger partial charge in [0, 0.05) is 11.6 Å². The van der Waals surface area contributed by atoms with E-state index in [4.69, 9.17) is 14.2 Å². The van der Waals surface area contributed by atoms with Crippen LogP contribution in [0.1, 0.15) is 36.4 Å². The zero-order chi connectivity index (χ0) is 21.8. The maximum atomic E-state index is 14.9. The van der Waals surface area contributed by atoms with Gasteiger partial charge in [-0.15, -0.1) is 0 Å². The van der Waals surface area contributed by atoms with Crippen LogP contribution in [0.5, 0.6) is 17.2 Å². The Kier molecular flexibility index (Phi) is 6.77. The van der Waals surface area contributed by atoms with E-state index in [1.54, 1.807) is 17.0 Å². The highest BCUT2D eigenvalue weighted by molar-refractivity contribution is 5.74. The summed E-state index contributed by atoms with van der Waals surface area (Å²) in [4.78, 5) is 13.7. The van der Waals surface area contributed by atoms with E-state index in [9.17, 15) is 18.7 Å². The number of methoxy groups -OCH3 is 3. The smallest absolute Gasteiger partial charge is 0.320 e. The first-order valence-corrected chi connectivity index (χ1v) is 9.64. The number of piperidine rings is 1. The molecule has 1 N–H and O–H groups in total. The first-order valence-electron chi connectivity index (χ1n) is 9.64. The minimum atomic E-state index is -0.977. The molecule has 0 spiro atoms. The van der Waals surface area contributed by atoms with Crippen LogP contribution < -0.4 is 14.2 Å². The van der Waals surface area contributed by atoms with Gasteiger partial charge in [-0.1, -0.05) is 12.5 Å². The zero-order valence-corrected chi connectivity index (χ0v) is 17.2. The Hall–Kier alpha value is -2.87. The van der Waals surface area contributed by atoms with Gasteiger partial charge in [-0.3, -0.25) is 9.69 Å². The molecule has 0 saturated carbocycles. The zero-order valence-electron chi connectivity index (χ0n) is 17.2. The molecule has 1 aliphatic heterocycles. The summed E-state index contributed by atoms with van der Waals surface area (Å²) in [5, 5.41) is 9.78. The number of benzene rings is 2. The number of hydrogen-bond acceptors (Lipinski definition) is 5. The Balaban J connectivity index is 2.23. The highest BCUT2D eigenvalue weighted by Crippen LogP contribution is 2.44. The van der Waals surface area contributed by atoms with Gasteiger partial charge in [-0.05, 0) is 43.1 Å². The molecule has 3 rings (SSSR count). The fourth-order valence-corrected chi connectivity index (χ4v) is 4.06. The van der Waals surface area contributed by atoms with Gasteiger partial charge < -0.3 is 19.3 Å². The second-order valence-corrected chi connectivity index (χ2v) is 7.11. The molecule has 0 aliphatic carbocycles. The first-order chi connectivity index (χ1) is 14.4. The molecule has 1 fully saturated rings. The Morgan fingerprint density at radius 1 is 1.07 bits per heavy atom. The van der Waals surface area contributed by atoms with Crippen molar-refractivity contribution in [1.82, 2.24) is 4.90 Å². The number of nitrogens with zero attached hydrogens (tertiary/aromatic N) is 1. The molecule has 0 bridgehead atoms. The van der Waals surface area contributed by atoms with E-state index < -0.39 is 29.7 Å². The predicted molar refractivity (Wildman–Crippen MR) is 106 cm³/mol. The third-order valence-electron chi connectivity index (χ3n) is 5.42. The molecule has 8 heteroatoms. The summed E-state index contributed by atoms with van der Waals surface area (Å²) in [6, 6.07) is 5.09. The van der Waals surface area contributed by atoms with E-state index in [2.05, 4.69) is 0 Å². The molecular formula is C22H25F2NO5. The lowest BCUT2D eigenvalue weighted by Gasteiger charge is -2.40. The van der Waals surface area contributed by atoms with Crippen LogP contribution in [0.4, 0.5) is 8.78 Å². The van der Waals surface area contributed by atoms with Gasteiger partial charge in [-0.25, -0.2) is 8.78 Å². The Morgan fingerprint density at radius 2 is 1.73 bits per heavy atom. The van der Waals surface area contributed by atoms with Crippen molar-refractivity contribution in [2.75, 3.05) is 27.9 Å². The highest BCUT2D eigenvalue weighted by atomic mass is 19.1. The predicted octanol–water partition coefficient (Wildman–Crippen LogP) is 4.02. The lowest BCUT2D eigenvalue weighted by molar-refractivity contribution is -0.145. The van der Waals surface area contributed by atoms with Gasteiger partial charge >= 0.3 is 5.97 Å². The number of ether oxygens (including phenoxy) is 3. The number of likely N-dealkylation sites (tertiary alicyclic amines) is 1. The van der Waals surface area contributed by atoms with E-state index in [0.29, 0.717) is 35.8 Å². The van der Waals surface area contributed by atoms with Crippen molar-refractivity contribution in [2.45, 2.75) is 31.3 Å². The summed E-state index contributed by atoms with van der Waals surface area (Å²) in [6.07, 6.45) is 1.98. The van der Waals surface area contributed by atoms with Crippen LogP contribution in [-0.2, 0) is 4.79 Å². The summed E-state index contributed by atoms with van der Waals surface area (Å²) in [7, 11) is 4.41. The van der Waals surface area contributed by atoms with Crippen molar-refractivity contribution in [3.05, 3.63) is 53.1 Å². The van der Waals surface area contributed by atoms with Gasteiger partial charge in [0.15, 0.2) is 11.5 Å². The first kappa shape index (κ1) is 21.8. The average molecular weight is 421 g/mol. The number of hydrogen-bond donors (Lipinski definition) is 1. The fraction of sp³-hybridized carbons (Fsp3) is 0.409. The summed E-state index contributed by atoms with van der Waals surface area (Å²) in [5.41, 5.74) is 0.738. The van der Waals surface area contributed by atoms with Crippen molar-refractivity contribution < 1.29 is 32.9 Å². The van der Waals surface area contributed by atoms with E-state index in [1.165, 1.54) is 33.5 Å². The maximum Gasteiger partial charge on any atom is 0.320 e. The van der Waals surface area contributed by atoms with Crippen molar-refractivity contribution in [2.24, 2.45) is 0 Å². The van der Waals surface area contributed by atoms with Crippen molar-refractivity contribution in [3.8, 4) is 17.2 Å². The number of carbonyl (C=O) groups is 1. The molecule has 30 heavy (non-hydrogen) atoms. The van der Waals surface area contributed by atoms with Crippen molar-refractivity contribution >= 4 is 5.97 Å². The molecule has 2 unspecified atom stereocenters. The normalized spacial score (nSPS) is 18.0. The highest BCUT2D eigenvalue weighted by Gasteiger charge is 2.37. The minimum Gasteiger partial charge on any atom is -0.493 e. The van der Waals surface area contributed by atoms with E-state index in [0.717, 1.165) is 18.9 Å². The van der Waals surface area contributed by atoms with Crippen LogP contribution >= 0.6 is 0 Å². The second-order valence-electron chi connectivity index (χ2n) is 7.11. The molecule has 1 heterocycles. The summed E-state index contributed by atoms with van der Waals surface area (Å²) in [5.74, 6) is -1.33. The van der Waals surface area contributed by atoms with E-state index in [-0.39, 0.29) is 5.56 Å². The van der Waals surface area contributed by atoms with Gasteiger partial charge in [0.25, 0.3) is 0 Å².